The first kappa shape index (κ1) is 14.1. The van der Waals surface area contributed by atoms with Crippen LogP contribution in [0.15, 0.2) is 30.3 Å². The lowest BCUT2D eigenvalue weighted by Gasteiger charge is -2.23. The summed E-state index contributed by atoms with van der Waals surface area (Å²) in [5, 5.41) is 9.83. The molecule has 1 rings (SSSR count). The molecule has 0 bridgehead atoms. The summed E-state index contributed by atoms with van der Waals surface area (Å²) in [5.74, 6) is 8.97. The highest BCUT2D eigenvalue weighted by atomic mass is 16.4. The molecule has 1 atom stereocenters. The van der Waals surface area contributed by atoms with Crippen LogP contribution in [0.1, 0.15) is 5.56 Å². The van der Waals surface area contributed by atoms with Gasteiger partial charge in [0.1, 0.15) is 6.04 Å². The van der Waals surface area contributed by atoms with Gasteiger partial charge in [0.05, 0.1) is 0 Å². The van der Waals surface area contributed by atoms with Crippen molar-refractivity contribution >= 4 is 11.9 Å². The molecule has 18 heavy (non-hydrogen) atoms. The number of hydrogen-bond donors (Lipinski definition) is 4. The summed E-state index contributed by atoms with van der Waals surface area (Å²) in [4.78, 5) is 22.6. The second-order valence-corrected chi connectivity index (χ2v) is 3.78. The number of hydrazine groups is 1. The molecule has 0 saturated heterocycles. The Morgan fingerprint density at radius 3 is 2.44 bits per heavy atom. The van der Waals surface area contributed by atoms with E-state index in [9.17, 15) is 9.59 Å². The lowest BCUT2D eigenvalue weighted by Crippen LogP contribution is -2.93. The molecule has 0 saturated carbocycles. The predicted molar refractivity (Wildman–Crippen MR) is 63.6 cm³/mol. The van der Waals surface area contributed by atoms with Gasteiger partial charge in [-0.25, -0.2) is 10.6 Å². The topological polar surface area (TPSA) is 126 Å². The molecule has 0 aliphatic carbocycles. The average Bonchev–Trinajstić information content (AvgIpc) is 2.36. The van der Waals surface area contributed by atoms with Crippen LogP contribution in [0, 0.1) is 0 Å². The third-order valence-electron chi connectivity index (χ3n) is 2.47. The zero-order valence-electron chi connectivity index (χ0n) is 9.82. The molecular formula is C11H17N4O3+. The summed E-state index contributed by atoms with van der Waals surface area (Å²) in [5.41, 5.74) is 1.94. The van der Waals surface area contributed by atoms with Crippen molar-refractivity contribution in [2.75, 3.05) is 6.54 Å². The number of nitrogens with zero attached hydrogens (tertiary/aromatic N) is 1. The van der Waals surface area contributed by atoms with E-state index in [0.29, 0.717) is 0 Å². The fraction of sp³-hybridized carbons (Fsp3) is 0.273. The van der Waals surface area contributed by atoms with Crippen LogP contribution in [-0.4, -0.2) is 34.6 Å². The molecule has 0 aliphatic rings. The number of carboxylic acid groups (broad SMARTS) is 1. The Labute approximate surface area is 104 Å². The Morgan fingerprint density at radius 1 is 1.33 bits per heavy atom. The van der Waals surface area contributed by atoms with Crippen molar-refractivity contribution in [2.24, 2.45) is 11.7 Å². The molecule has 0 aliphatic heterocycles. The van der Waals surface area contributed by atoms with Gasteiger partial charge in [-0.3, -0.25) is 15.2 Å². The van der Waals surface area contributed by atoms with Crippen molar-refractivity contribution < 1.29 is 20.1 Å². The van der Waals surface area contributed by atoms with Crippen molar-refractivity contribution in [3.8, 4) is 0 Å². The molecular weight excluding hydrogens is 236 g/mol. The maximum absolute atomic E-state index is 11.5. The molecule has 0 fully saturated rings. The minimum absolute atomic E-state index is 0.0882. The number of nitrogens with two attached hydrogens (primary N) is 3. The van der Waals surface area contributed by atoms with E-state index in [4.69, 9.17) is 16.8 Å². The summed E-state index contributed by atoms with van der Waals surface area (Å²) in [7, 11) is 0. The van der Waals surface area contributed by atoms with E-state index in [-0.39, 0.29) is 13.0 Å². The van der Waals surface area contributed by atoms with Crippen molar-refractivity contribution in [2.45, 2.75) is 12.5 Å². The van der Waals surface area contributed by atoms with E-state index >= 15 is 0 Å². The second-order valence-electron chi connectivity index (χ2n) is 3.78. The molecule has 0 aromatic heterocycles. The first-order valence-corrected chi connectivity index (χ1v) is 5.43. The maximum Gasteiger partial charge on any atom is 0.328 e. The smallest absolute Gasteiger partial charge is 0.328 e. The number of amides is 1. The minimum Gasteiger partial charge on any atom is -0.480 e. The third-order valence-corrected chi connectivity index (χ3v) is 2.47. The number of benzene rings is 1. The van der Waals surface area contributed by atoms with Gasteiger partial charge in [0.25, 0.3) is 5.91 Å². The summed E-state index contributed by atoms with van der Waals surface area (Å²) < 4.78 is 0. The van der Waals surface area contributed by atoms with Crippen LogP contribution in [0.3, 0.4) is 0 Å². The molecule has 0 radical (unpaired) electrons. The van der Waals surface area contributed by atoms with Gasteiger partial charge in [-0.1, -0.05) is 30.3 Å². The van der Waals surface area contributed by atoms with Gasteiger partial charge < -0.3 is 5.11 Å². The number of rotatable bonds is 6. The Bertz CT molecular complexity index is 410. The standard InChI is InChI=1S/C11H16N4O3/c12-14-7-10(16)15(13)9(11(17)18)6-8-4-2-1-3-5-8/h1-5,9,14H,6-7,12-13H2,(H,17,18)/p+1. The molecule has 1 unspecified atom stereocenters. The van der Waals surface area contributed by atoms with Crippen LogP contribution in [0.4, 0.5) is 0 Å². The number of carbonyl (C=O) groups excluding carboxylic acids is 1. The Balaban J connectivity index is 2.77. The summed E-state index contributed by atoms with van der Waals surface area (Å²) in [6, 6.07) is 7.88. The van der Waals surface area contributed by atoms with Crippen molar-refractivity contribution in [3.05, 3.63) is 35.9 Å². The van der Waals surface area contributed by atoms with Gasteiger partial charge in [-0.05, 0) is 5.56 Å². The normalized spacial score (nSPS) is 11.9. The number of quaternary nitrogens is 1. The lowest BCUT2D eigenvalue weighted by atomic mass is 10.1. The van der Waals surface area contributed by atoms with Crippen LogP contribution in [0.25, 0.3) is 0 Å². The fourth-order valence-electron chi connectivity index (χ4n) is 1.52. The minimum atomic E-state index is -1.15. The van der Waals surface area contributed by atoms with E-state index in [1.807, 2.05) is 6.07 Å². The Morgan fingerprint density at radius 2 is 1.94 bits per heavy atom. The molecule has 1 aromatic rings. The monoisotopic (exact) mass is 253 g/mol. The van der Waals surface area contributed by atoms with Crippen LogP contribution >= 0.6 is 0 Å². The summed E-state index contributed by atoms with van der Waals surface area (Å²) in [6.45, 7) is -0.0882. The van der Waals surface area contributed by atoms with Gasteiger partial charge in [-0.2, -0.15) is 5.84 Å². The quantitative estimate of drug-likeness (QED) is 0.260. The molecule has 1 aromatic carbocycles. The third kappa shape index (κ3) is 3.81. The van der Waals surface area contributed by atoms with Crippen molar-refractivity contribution in [1.29, 1.82) is 0 Å². The number of carboxylic acids is 1. The van der Waals surface area contributed by atoms with E-state index in [1.54, 1.807) is 24.3 Å². The van der Waals surface area contributed by atoms with Crippen LogP contribution in [0.5, 0.6) is 0 Å². The van der Waals surface area contributed by atoms with Crippen molar-refractivity contribution in [1.82, 2.24) is 5.01 Å². The molecule has 0 heterocycles. The van der Waals surface area contributed by atoms with E-state index in [0.717, 1.165) is 16.0 Å². The van der Waals surface area contributed by atoms with Crippen LogP contribution < -0.4 is 17.1 Å². The molecule has 1 amide bonds. The van der Waals surface area contributed by atoms with Crippen LogP contribution in [0.2, 0.25) is 0 Å². The van der Waals surface area contributed by atoms with Gasteiger partial charge in [0.15, 0.2) is 6.54 Å². The highest BCUT2D eigenvalue weighted by Gasteiger charge is 2.28. The Kier molecular flexibility index (Phi) is 5.25. The van der Waals surface area contributed by atoms with E-state index < -0.39 is 17.9 Å². The zero-order valence-corrected chi connectivity index (χ0v) is 9.82. The van der Waals surface area contributed by atoms with Gasteiger partial charge in [-0.15, -0.1) is 0 Å². The highest BCUT2D eigenvalue weighted by Crippen LogP contribution is 2.07. The zero-order chi connectivity index (χ0) is 13.5. The number of carbonyl (C=O) groups is 2. The van der Waals surface area contributed by atoms with Gasteiger partial charge >= 0.3 is 5.97 Å². The lowest BCUT2D eigenvalue weighted by molar-refractivity contribution is -0.657. The first-order chi connectivity index (χ1) is 8.56. The molecule has 98 valence electrons. The van der Waals surface area contributed by atoms with Gasteiger partial charge in [0, 0.05) is 6.42 Å². The SMILES string of the molecule is N[NH2+]CC(=O)N(N)C(Cc1ccccc1)C(=O)O. The predicted octanol–water partition coefficient (Wildman–Crippen LogP) is -2.18. The molecule has 7 nitrogen and oxygen atoms in total. The van der Waals surface area contributed by atoms with Crippen molar-refractivity contribution in [3.63, 3.8) is 0 Å². The van der Waals surface area contributed by atoms with E-state index in [2.05, 4.69) is 0 Å². The molecule has 7 heteroatoms. The highest BCUT2D eigenvalue weighted by molar-refractivity contribution is 5.83. The first-order valence-electron chi connectivity index (χ1n) is 5.43. The summed E-state index contributed by atoms with van der Waals surface area (Å²) >= 11 is 0. The number of aliphatic carboxylic acids is 1. The fourth-order valence-corrected chi connectivity index (χ4v) is 1.52. The Hall–Kier alpha value is -1.96. The van der Waals surface area contributed by atoms with Crippen LogP contribution in [-0.2, 0) is 16.0 Å². The maximum atomic E-state index is 11.5. The largest absolute Gasteiger partial charge is 0.480 e. The average molecular weight is 253 g/mol. The van der Waals surface area contributed by atoms with Gasteiger partial charge in [0.2, 0.25) is 0 Å². The van der Waals surface area contributed by atoms with E-state index in [1.165, 1.54) is 0 Å². The summed E-state index contributed by atoms with van der Waals surface area (Å²) in [6.07, 6.45) is 0.156. The molecule has 7 N–H and O–H groups in total. The number of hydrogen-bond acceptors (Lipinski definition) is 4. The molecule has 0 spiro atoms. The second kappa shape index (κ2) is 6.70.